The lowest BCUT2D eigenvalue weighted by Crippen LogP contribution is -2.23. The molecule has 2 rings (SSSR count). The number of aliphatic carboxylic acids is 1. The Morgan fingerprint density at radius 3 is 2.86 bits per heavy atom. The average molecular weight is 305 g/mol. The Balaban J connectivity index is 2.22. The smallest absolute Gasteiger partial charge is 0.303 e. The molecule has 2 heterocycles. The molecular weight excluding hydrogens is 286 g/mol. The second-order valence-electron chi connectivity index (χ2n) is 5.10. The van der Waals surface area contributed by atoms with E-state index in [4.69, 9.17) is 9.63 Å². The molecular formula is C15H19N3O4. The minimum atomic E-state index is -0.860. The molecule has 22 heavy (non-hydrogen) atoms. The molecule has 0 aliphatic carbocycles. The zero-order valence-electron chi connectivity index (χ0n) is 12.7. The van der Waals surface area contributed by atoms with Crippen LogP contribution < -0.4 is 5.56 Å². The van der Waals surface area contributed by atoms with Crippen LogP contribution in [0.4, 0.5) is 0 Å². The van der Waals surface area contributed by atoms with Gasteiger partial charge >= 0.3 is 5.97 Å². The quantitative estimate of drug-likeness (QED) is 0.840. The Morgan fingerprint density at radius 1 is 1.41 bits per heavy atom. The lowest BCUT2D eigenvalue weighted by Gasteiger charge is -2.09. The molecule has 0 spiro atoms. The molecule has 0 bridgehead atoms. The third-order valence-electron chi connectivity index (χ3n) is 3.33. The van der Waals surface area contributed by atoms with Crippen LogP contribution in [0.1, 0.15) is 37.8 Å². The van der Waals surface area contributed by atoms with Gasteiger partial charge in [-0.05, 0) is 31.9 Å². The number of aryl methyl sites for hydroxylation is 2. The number of nitrogens with zero attached hydrogens (tertiary/aromatic N) is 3. The van der Waals surface area contributed by atoms with Crippen LogP contribution >= 0.6 is 0 Å². The summed E-state index contributed by atoms with van der Waals surface area (Å²) in [6.45, 7) is 4.53. The van der Waals surface area contributed by atoms with Crippen LogP contribution in [0, 0.1) is 6.92 Å². The van der Waals surface area contributed by atoms with Gasteiger partial charge in [-0.25, -0.2) is 0 Å². The van der Waals surface area contributed by atoms with Gasteiger partial charge in [0.05, 0.1) is 5.56 Å². The van der Waals surface area contributed by atoms with Gasteiger partial charge in [0, 0.05) is 25.1 Å². The molecule has 0 aliphatic heterocycles. The number of carboxylic acids is 1. The SMILES string of the molecule is CCCn1c(C)ccc(-c2noc(CCCC(=O)O)n2)c1=O. The molecule has 0 amide bonds. The highest BCUT2D eigenvalue weighted by Gasteiger charge is 2.14. The summed E-state index contributed by atoms with van der Waals surface area (Å²) in [5.41, 5.74) is 1.15. The number of hydrogen-bond donors (Lipinski definition) is 1. The summed E-state index contributed by atoms with van der Waals surface area (Å²) in [5, 5.41) is 12.4. The molecule has 0 aliphatic rings. The Labute approximate surface area is 127 Å². The highest BCUT2D eigenvalue weighted by atomic mass is 16.5. The highest BCUT2D eigenvalue weighted by molar-refractivity contribution is 5.66. The third-order valence-corrected chi connectivity index (χ3v) is 3.33. The fourth-order valence-corrected chi connectivity index (χ4v) is 2.20. The second kappa shape index (κ2) is 7.02. The van der Waals surface area contributed by atoms with Gasteiger partial charge in [0.15, 0.2) is 0 Å². The first-order valence-electron chi connectivity index (χ1n) is 7.28. The molecule has 1 N–H and O–H groups in total. The first-order valence-corrected chi connectivity index (χ1v) is 7.28. The van der Waals surface area contributed by atoms with Gasteiger partial charge in [0.25, 0.3) is 5.56 Å². The molecule has 2 aromatic rings. The van der Waals surface area contributed by atoms with Gasteiger partial charge in [-0.1, -0.05) is 12.1 Å². The third kappa shape index (κ3) is 3.60. The summed E-state index contributed by atoms with van der Waals surface area (Å²) >= 11 is 0. The highest BCUT2D eigenvalue weighted by Crippen LogP contribution is 2.13. The zero-order chi connectivity index (χ0) is 16.1. The van der Waals surface area contributed by atoms with Crippen molar-refractivity contribution in [3.05, 3.63) is 34.1 Å². The molecule has 0 radical (unpaired) electrons. The van der Waals surface area contributed by atoms with E-state index in [0.717, 1.165) is 12.1 Å². The molecule has 2 aromatic heterocycles. The Morgan fingerprint density at radius 2 is 2.18 bits per heavy atom. The summed E-state index contributed by atoms with van der Waals surface area (Å²) in [7, 11) is 0. The van der Waals surface area contributed by atoms with Gasteiger partial charge in [0.1, 0.15) is 0 Å². The number of carbonyl (C=O) groups is 1. The van der Waals surface area contributed by atoms with E-state index in [2.05, 4.69) is 10.1 Å². The van der Waals surface area contributed by atoms with Crippen LogP contribution in [0.15, 0.2) is 21.5 Å². The van der Waals surface area contributed by atoms with Crippen molar-refractivity contribution in [1.82, 2.24) is 14.7 Å². The minimum Gasteiger partial charge on any atom is -0.481 e. The van der Waals surface area contributed by atoms with Crippen LogP contribution in [0.3, 0.4) is 0 Å². The predicted octanol–water partition coefficient (Wildman–Crippen LogP) is 2.02. The van der Waals surface area contributed by atoms with Crippen molar-refractivity contribution >= 4 is 5.97 Å². The van der Waals surface area contributed by atoms with Crippen molar-refractivity contribution < 1.29 is 14.4 Å². The maximum atomic E-state index is 12.5. The topological polar surface area (TPSA) is 98.2 Å². The summed E-state index contributed by atoms with van der Waals surface area (Å²) in [6.07, 6.45) is 1.71. The number of aromatic nitrogens is 3. The monoisotopic (exact) mass is 305 g/mol. The maximum Gasteiger partial charge on any atom is 0.303 e. The number of pyridine rings is 1. The first-order chi connectivity index (χ1) is 10.5. The van der Waals surface area contributed by atoms with Crippen LogP contribution in [0.2, 0.25) is 0 Å². The van der Waals surface area contributed by atoms with Crippen molar-refractivity contribution in [3.8, 4) is 11.4 Å². The lowest BCUT2D eigenvalue weighted by molar-refractivity contribution is -0.137. The van der Waals surface area contributed by atoms with Crippen LogP contribution in [0.5, 0.6) is 0 Å². The zero-order valence-corrected chi connectivity index (χ0v) is 12.7. The predicted molar refractivity (Wildman–Crippen MR) is 79.6 cm³/mol. The van der Waals surface area contributed by atoms with E-state index < -0.39 is 5.97 Å². The molecule has 7 heteroatoms. The maximum absolute atomic E-state index is 12.5. The Kier molecular flexibility index (Phi) is 5.08. The van der Waals surface area contributed by atoms with E-state index in [1.54, 1.807) is 10.6 Å². The van der Waals surface area contributed by atoms with Crippen LogP contribution in [-0.4, -0.2) is 25.8 Å². The largest absolute Gasteiger partial charge is 0.481 e. The van der Waals surface area contributed by atoms with Gasteiger partial charge in [-0.15, -0.1) is 0 Å². The van der Waals surface area contributed by atoms with Crippen molar-refractivity contribution in [1.29, 1.82) is 0 Å². The molecule has 0 atom stereocenters. The van der Waals surface area contributed by atoms with E-state index in [1.165, 1.54) is 0 Å². The minimum absolute atomic E-state index is 0.0472. The van der Waals surface area contributed by atoms with E-state index >= 15 is 0 Å². The lowest BCUT2D eigenvalue weighted by atomic mass is 10.2. The van der Waals surface area contributed by atoms with E-state index in [0.29, 0.717) is 30.8 Å². The van der Waals surface area contributed by atoms with Crippen LogP contribution in [0.25, 0.3) is 11.4 Å². The number of rotatable bonds is 7. The van der Waals surface area contributed by atoms with Crippen molar-refractivity contribution in [3.63, 3.8) is 0 Å². The number of hydrogen-bond acceptors (Lipinski definition) is 5. The Bertz CT molecular complexity index is 718. The van der Waals surface area contributed by atoms with E-state index in [1.807, 2.05) is 19.9 Å². The molecule has 0 saturated heterocycles. The summed E-state index contributed by atoms with van der Waals surface area (Å²) < 4.78 is 6.77. The van der Waals surface area contributed by atoms with Crippen molar-refractivity contribution in [2.24, 2.45) is 0 Å². The molecule has 0 unspecified atom stereocenters. The molecule has 0 aromatic carbocycles. The fraction of sp³-hybridized carbons (Fsp3) is 0.467. The van der Waals surface area contributed by atoms with Crippen LogP contribution in [-0.2, 0) is 17.8 Å². The van der Waals surface area contributed by atoms with Gasteiger partial charge in [-0.2, -0.15) is 4.98 Å². The number of carboxylic acid groups (broad SMARTS) is 1. The molecule has 118 valence electrons. The fourth-order valence-electron chi connectivity index (χ4n) is 2.20. The van der Waals surface area contributed by atoms with Gasteiger partial charge in [-0.3, -0.25) is 9.59 Å². The van der Waals surface area contributed by atoms with Gasteiger partial charge < -0.3 is 14.2 Å². The van der Waals surface area contributed by atoms with Gasteiger partial charge in [0.2, 0.25) is 11.7 Å². The standard InChI is InChI=1S/C15H19N3O4/c1-3-9-18-10(2)7-8-11(15(18)21)14-16-12(22-17-14)5-4-6-13(19)20/h7-8H,3-6,9H2,1-2H3,(H,19,20). The van der Waals surface area contributed by atoms with Crippen molar-refractivity contribution in [2.45, 2.75) is 46.1 Å². The van der Waals surface area contributed by atoms with E-state index in [-0.39, 0.29) is 17.8 Å². The molecule has 7 nitrogen and oxygen atoms in total. The molecule has 0 saturated carbocycles. The molecule has 0 fully saturated rings. The first kappa shape index (κ1) is 15.9. The average Bonchev–Trinajstić information content (AvgIpc) is 2.91. The van der Waals surface area contributed by atoms with Crippen molar-refractivity contribution in [2.75, 3.05) is 0 Å². The second-order valence-corrected chi connectivity index (χ2v) is 5.10. The summed E-state index contributed by atoms with van der Waals surface area (Å²) in [5.74, 6) is -0.265. The van der Waals surface area contributed by atoms with E-state index in [9.17, 15) is 9.59 Å². The summed E-state index contributed by atoms with van der Waals surface area (Å²) in [6, 6.07) is 3.54. The normalized spacial score (nSPS) is 10.8. The Hall–Kier alpha value is -2.44. The summed E-state index contributed by atoms with van der Waals surface area (Å²) in [4.78, 5) is 27.1.